The van der Waals surface area contributed by atoms with E-state index in [1.54, 1.807) is 12.3 Å². The lowest BCUT2D eigenvalue weighted by atomic mass is 9.92. The lowest BCUT2D eigenvalue weighted by molar-refractivity contribution is 0.534. The van der Waals surface area contributed by atoms with E-state index in [0.29, 0.717) is 11.0 Å². The number of hydrogen-bond donors (Lipinski definition) is 0. The van der Waals surface area contributed by atoms with Crippen LogP contribution in [0.4, 0.5) is 0 Å². The number of nitrogens with zero attached hydrogens (tertiary/aromatic N) is 2. The maximum Gasteiger partial charge on any atom is 0.164 e. The second-order valence-electron chi connectivity index (χ2n) is 5.04. The molecule has 4 heteroatoms. The van der Waals surface area contributed by atoms with Crippen LogP contribution in [0.2, 0.25) is 5.15 Å². The van der Waals surface area contributed by atoms with Crippen molar-refractivity contribution in [2.24, 2.45) is 0 Å². The SMILES string of the molecule is Cc1occc1-c1nc(Cl)cc(C(C)(C)C)n1. The molecule has 0 unspecified atom stereocenters. The lowest BCUT2D eigenvalue weighted by Gasteiger charge is -2.18. The van der Waals surface area contributed by atoms with Crippen molar-refractivity contribution >= 4 is 11.6 Å². The van der Waals surface area contributed by atoms with Gasteiger partial charge in [-0.3, -0.25) is 0 Å². The molecule has 0 spiro atoms. The standard InChI is InChI=1S/C13H15ClN2O/c1-8-9(5-6-17-8)12-15-10(13(2,3)4)7-11(14)16-12/h5-7H,1-4H3. The van der Waals surface area contributed by atoms with Crippen LogP contribution >= 0.6 is 11.6 Å². The van der Waals surface area contributed by atoms with Crippen LogP contribution in [0.5, 0.6) is 0 Å². The smallest absolute Gasteiger partial charge is 0.164 e. The van der Waals surface area contributed by atoms with E-state index in [4.69, 9.17) is 16.0 Å². The molecule has 0 N–H and O–H groups in total. The van der Waals surface area contributed by atoms with Crippen LogP contribution in [0.15, 0.2) is 22.8 Å². The van der Waals surface area contributed by atoms with Crippen LogP contribution in [-0.2, 0) is 5.41 Å². The summed E-state index contributed by atoms with van der Waals surface area (Å²) in [5.41, 5.74) is 1.75. The van der Waals surface area contributed by atoms with Crippen molar-refractivity contribution < 1.29 is 4.42 Å². The summed E-state index contributed by atoms with van der Waals surface area (Å²) < 4.78 is 5.26. The first kappa shape index (κ1) is 12.1. The summed E-state index contributed by atoms with van der Waals surface area (Å²) in [6, 6.07) is 3.66. The van der Waals surface area contributed by atoms with Crippen LogP contribution in [0, 0.1) is 6.92 Å². The molecule has 0 aliphatic heterocycles. The zero-order valence-electron chi connectivity index (χ0n) is 10.4. The highest BCUT2D eigenvalue weighted by atomic mass is 35.5. The second kappa shape index (κ2) is 4.15. The molecule has 0 saturated carbocycles. The minimum Gasteiger partial charge on any atom is -0.469 e. The number of rotatable bonds is 1. The summed E-state index contributed by atoms with van der Waals surface area (Å²) in [6.45, 7) is 8.17. The third-order valence-corrected chi connectivity index (χ3v) is 2.76. The third kappa shape index (κ3) is 2.50. The molecule has 0 radical (unpaired) electrons. The quantitative estimate of drug-likeness (QED) is 0.718. The highest BCUT2D eigenvalue weighted by molar-refractivity contribution is 6.29. The van der Waals surface area contributed by atoms with Crippen LogP contribution in [0.1, 0.15) is 32.2 Å². The Balaban J connectivity index is 2.57. The van der Waals surface area contributed by atoms with E-state index in [9.17, 15) is 0 Å². The summed E-state index contributed by atoms with van der Waals surface area (Å²) in [6.07, 6.45) is 1.63. The fourth-order valence-corrected chi connectivity index (χ4v) is 1.72. The molecule has 2 rings (SSSR count). The largest absolute Gasteiger partial charge is 0.469 e. The van der Waals surface area contributed by atoms with Gasteiger partial charge < -0.3 is 4.42 Å². The van der Waals surface area contributed by atoms with Crippen molar-refractivity contribution in [1.29, 1.82) is 0 Å². The Bertz CT molecular complexity index is 541. The molecule has 90 valence electrons. The normalized spacial score (nSPS) is 11.8. The van der Waals surface area contributed by atoms with Crippen molar-refractivity contribution in [2.75, 3.05) is 0 Å². The Hall–Kier alpha value is -1.35. The van der Waals surface area contributed by atoms with Gasteiger partial charge in [0.25, 0.3) is 0 Å². The Morgan fingerprint density at radius 3 is 2.47 bits per heavy atom. The average molecular weight is 251 g/mol. The van der Waals surface area contributed by atoms with E-state index in [2.05, 4.69) is 30.7 Å². The van der Waals surface area contributed by atoms with Gasteiger partial charge in [-0.1, -0.05) is 32.4 Å². The molecule has 3 nitrogen and oxygen atoms in total. The molecular weight excluding hydrogens is 236 g/mol. The number of furan rings is 1. The first-order valence-corrected chi connectivity index (χ1v) is 5.85. The summed E-state index contributed by atoms with van der Waals surface area (Å²) in [7, 11) is 0. The summed E-state index contributed by atoms with van der Waals surface area (Å²) in [5.74, 6) is 1.42. The molecular formula is C13H15ClN2O. The average Bonchev–Trinajstić information content (AvgIpc) is 2.62. The molecule has 2 heterocycles. The Kier molecular flexibility index (Phi) is 2.96. The van der Waals surface area contributed by atoms with Gasteiger partial charge in [0, 0.05) is 5.41 Å². The molecule has 0 atom stereocenters. The number of hydrogen-bond acceptors (Lipinski definition) is 3. The van der Waals surface area contributed by atoms with E-state index in [1.807, 2.05) is 13.0 Å². The molecule has 0 fully saturated rings. The summed E-state index contributed by atoms with van der Waals surface area (Å²) in [4.78, 5) is 8.80. The van der Waals surface area contributed by atoms with Gasteiger partial charge >= 0.3 is 0 Å². The van der Waals surface area contributed by atoms with Gasteiger partial charge in [-0.2, -0.15) is 0 Å². The number of aryl methyl sites for hydroxylation is 1. The molecule has 2 aromatic rings. The van der Waals surface area contributed by atoms with Crippen molar-refractivity contribution in [2.45, 2.75) is 33.1 Å². The zero-order valence-corrected chi connectivity index (χ0v) is 11.2. The number of aromatic nitrogens is 2. The third-order valence-electron chi connectivity index (χ3n) is 2.56. The van der Waals surface area contributed by atoms with Gasteiger partial charge in [0.05, 0.1) is 17.5 Å². The van der Waals surface area contributed by atoms with Crippen molar-refractivity contribution in [3.63, 3.8) is 0 Å². The summed E-state index contributed by atoms with van der Waals surface area (Å²) >= 11 is 6.04. The van der Waals surface area contributed by atoms with Gasteiger partial charge in [0.2, 0.25) is 0 Å². The maximum absolute atomic E-state index is 6.04. The molecule has 2 aromatic heterocycles. The maximum atomic E-state index is 6.04. The molecule has 0 bridgehead atoms. The number of halogens is 1. The van der Waals surface area contributed by atoms with Gasteiger partial charge in [0.1, 0.15) is 10.9 Å². The molecule has 0 aromatic carbocycles. The highest BCUT2D eigenvalue weighted by Gasteiger charge is 2.19. The molecule has 0 saturated heterocycles. The van der Waals surface area contributed by atoms with E-state index >= 15 is 0 Å². The Labute approximate surface area is 106 Å². The fourth-order valence-electron chi connectivity index (χ4n) is 1.54. The van der Waals surface area contributed by atoms with Crippen LogP contribution in [-0.4, -0.2) is 9.97 Å². The monoisotopic (exact) mass is 250 g/mol. The van der Waals surface area contributed by atoms with Crippen LogP contribution in [0.3, 0.4) is 0 Å². The Morgan fingerprint density at radius 2 is 1.94 bits per heavy atom. The van der Waals surface area contributed by atoms with Crippen molar-refractivity contribution in [3.8, 4) is 11.4 Å². The molecule has 0 amide bonds. The van der Waals surface area contributed by atoms with Crippen LogP contribution in [0.25, 0.3) is 11.4 Å². The van der Waals surface area contributed by atoms with Gasteiger partial charge in [-0.25, -0.2) is 9.97 Å². The highest BCUT2D eigenvalue weighted by Crippen LogP contribution is 2.27. The van der Waals surface area contributed by atoms with E-state index in [1.165, 1.54) is 0 Å². The minimum absolute atomic E-state index is 0.0566. The fraction of sp³-hybridized carbons (Fsp3) is 0.385. The van der Waals surface area contributed by atoms with Crippen molar-refractivity contribution in [1.82, 2.24) is 9.97 Å². The molecule has 17 heavy (non-hydrogen) atoms. The lowest BCUT2D eigenvalue weighted by Crippen LogP contribution is -2.14. The first-order chi connectivity index (χ1) is 7.88. The van der Waals surface area contributed by atoms with E-state index < -0.39 is 0 Å². The topological polar surface area (TPSA) is 38.9 Å². The minimum atomic E-state index is -0.0566. The second-order valence-corrected chi connectivity index (χ2v) is 5.43. The molecule has 0 aliphatic rings. The van der Waals surface area contributed by atoms with E-state index in [0.717, 1.165) is 17.0 Å². The Morgan fingerprint density at radius 1 is 1.24 bits per heavy atom. The van der Waals surface area contributed by atoms with Gasteiger partial charge in [-0.05, 0) is 19.1 Å². The van der Waals surface area contributed by atoms with Crippen molar-refractivity contribution in [3.05, 3.63) is 35.0 Å². The predicted octanol–water partition coefficient (Wildman–Crippen LogP) is 4.00. The molecule has 0 aliphatic carbocycles. The predicted molar refractivity (Wildman–Crippen MR) is 68.2 cm³/mol. The zero-order chi connectivity index (χ0) is 12.6. The summed E-state index contributed by atoms with van der Waals surface area (Å²) in [5, 5.41) is 0.459. The van der Waals surface area contributed by atoms with Crippen LogP contribution < -0.4 is 0 Å². The van der Waals surface area contributed by atoms with E-state index in [-0.39, 0.29) is 5.41 Å². The van der Waals surface area contributed by atoms with Gasteiger partial charge in [0.15, 0.2) is 5.82 Å². The van der Waals surface area contributed by atoms with Gasteiger partial charge in [-0.15, -0.1) is 0 Å². The first-order valence-electron chi connectivity index (χ1n) is 5.47.